The summed E-state index contributed by atoms with van der Waals surface area (Å²) in [6, 6.07) is 27.2. The lowest BCUT2D eigenvalue weighted by atomic mass is 9.97. The van der Waals surface area contributed by atoms with E-state index >= 15 is 0 Å². The van der Waals surface area contributed by atoms with Crippen molar-refractivity contribution in [2.75, 3.05) is 36.0 Å². The Kier molecular flexibility index (Phi) is 5.31. The molecule has 3 aromatic heterocycles. The predicted molar refractivity (Wildman–Crippen MR) is 140 cm³/mol. The summed E-state index contributed by atoms with van der Waals surface area (Å²) in [6.45, 7) is 5.57. The predicted octanol–water partition coefficient (Wildman–Crippen LogP) is 4.98. The van der Waals surface area contributed by atoms with Crippen LogP contribution in [0.3, 0.4) is 0 Å². The first-order valence-electron chi connectivity index (χ1n) is 12.0. The highest BCUT2D eigenvalue weighted by molar-refractivity contribution is 5.86. The number of hydrogen-bond acceptors (Lipinski definition) is 5. The zero-order chi connectivity index (χ0) is 23.8. The van der Waals surface area contributed by atoms with Crippen LogP contribution in [0, 0.1) is 18.3 Å². The van der Waals surface area contributed by atoms with E-state index in [4.69, 9.17) is 4.98 Å². The van der Waals surface area contributed by atoms with E-state index < -0.39 is 0 Å². The zero-order valence-electron chi connectivity index (χ0n) is 19.7. The van der Waals surface area contributed by atoms with E-state index in [1.807, 2.05) is 42.6 Å². The molecule has 0 amide bonds. The molecule has 35 heavy (non-hydrogen) atoms. The van der Waals surface area contributed by atoms with Gasteiger partial charge in [0.15, 0.2) is 5.65 Å². The van der Waals surface area contributed by atoms with Gasteiger partial charge in [-0.25, -0.2) is 9.97 Å². The highest BCUT2D eigenvalue weighted by Gasteiger charge is 2.27. The molecule has 0 aliphatic carbocycles. The molecule has 5 aromatic rings. The second-order valence-corrected chi connectivity index (χ2v) is 9.00. The molecule has 1 saturated heterocycles. The second-order valence-electron chi connectivity index (χ2n) is 9.00. The number of nitriles is 1. The number of aromatic nitrogens is 3. The van der Waals surface area contributed by atoms with Crippen molar-refractivity contribution in [1.29, 1.82) is 5.26 Å². The van der Waals surface area contributed by atoms with Crippen molar-refractivity contribution in [3.8, 4) is 6.07 Å². The summed E-state index contributed by atoms with van der Waals surface area (Å²) in [5, 5.41) is 10.2. The molecule has 0 N–H and O–H groups in total. The molecular formula is C29H26N6. The Morgan fingerprint density at radius 2 is 1.57 bits per heavy atom. The summed E-state index contributed by atoms with van der Waals surface area (Å²) < 4.78 is 2.22. The molecule has 1 fully saturated rings. The van der Waals surface area contributed by atoms with Crippen LogP contribution in [-0.4, -0.2) is 40.5 Å². The van der Waals surface area contributed by atoms with Crippen molar-refractivity contribution in [3.63, 3.8) is 0 Å². The molecule has 1 aliphatic heterocycles. The summed E-state index contributed by atoms with van der Waals surface area (Å²) in [4.78, 5) is 14.3. The Hall–Kier alpha value is -4.37. The Bertz CT molecular complexity index is 1540. The molecule has 6 heteroatoms. The third-order valence-corrected chi connectivity index (χ3v) is 6.98. The van der Waals surface area contributed by atoms with E-state index in [0.717, 1.165) is 66.5 Å². The van der Waals surface area contributed by atoms with Crippen molar-refractivity contribution in [3.05, 3.63) is 101 Å². The summed E-state index contributed by atoms with van der Waals surface area (Å²) in [7, 11) is 0. The van der Waals surface area contributed by atoms with Crippen LogP contribution in [0.1, 0.15) is 22.3 Å². The van der Waals surface area contributed by atoms with Crippen LogP contribution < -0.4 is 9.80 Å². The summed E-state index contributed by atoms with van der Waals surface area (Å²) in [6.07, 6.45) is 2.62. The lowest BCUT2D eigenvalue weighted by molar-refractivity contribution is 0.637. The van der Waals surface area contributed by atoms with E-state index in [1.54, 1.807) is 0 Å². The second kappa shape index (κ2) is 8.77. The number of imidazole rings is 1. The average Bonchev–Trinajstić information content (AvgIpc) is 3.29. The first-order valence-corrected chi connectivity index (χ1v) is 12.0. The van der Waals surface area contributed by atoms with Gasteiger partial charge in [0, 0.05) is 44.4 Å². The standard InChI is InChI=1S/C29H26N6/c1-21-23(19-22-9-3-2-4-10-22)29(34-17-15-33(16-18-34)27-13-7-8-14-31-27)35-26-12-6-5-11-25(26)32-28(35)24(21)20-30/h2-14H,15-19H2,1H3. The fraction of sp³-hybridized carbons (Fsp3) is 0.207. The monoisotopic (exact) mass is 458 g/mol. The molecule has 2 aromatic carbocycles. The van der Waals surface area contributed by atoms with Crippen LogP contribution >= 0.6 is 0 Å². The molecule has 6 rings (SSSR count). The zero-order valence-corrected chi connectivity index (χ0v) is 19.7. The lowest BCUT2D eigenvalue weighted by Gasteiger charge is -2.38. The van der Waals surface area contributed by atoms with Gasteiger partial charge in [0.05, 0.1) is 16.6 Å². The lowest BCUT2D eigenvalue weighted by Crippen LogP contribution is -2.47. The molecule has 172 valence electrons. The number of nitrogens with zero attached hydrogens (tertiary/aromatic N) is 6. The summed E-state index contributed by atoms with van der Waals surface area (Å²) >= 11 is 0. The fourth-order valence-corrected chi connectivity index (χ4v) is 5.20. The Labute approximate surface area is 204 Å². The van der Waals surface area contributed by atoms with Crippen molar-refractivity contribution >= 4 is 28.3 Å². The first kappa shape index (κ1) is 21.2. The van der Waals surface area contributed by atoms with E-state index in [2.05, 4.69) is 68.6 Å². The highest BCUT2D eigenvalue weighted by atomic mass is 15.3. The molecule has 0 unspecified atom stereocenters. The molecule has 4 heterocycles. The van der Waals surface area contributed by atoms with Gasteiger partial charge in [0.1, 0.15) is 17.7 Å². The van der Waals surface area contributed by atoms with Gasteiger partial charge in [0.25, 0.3) is 0 Å². The van der Waals surface area contributed by atoms with Crippen molar-refractivity contribution in [2.45, 2.75) is 13.3 Å². The number of benzene rings is 2. The molecule has 0 bridgehead atoms. The van der Waals surface area contributed by atoms with Crippen molar-refractivity contribution < 1.29 is 0 Å². The Balaban J connectivity index is 1.52. The minimum absolute atomic E-state index is 0.656. The van der Waals surface area contributed by atoms with Gasteiger partial charge < -0.3 is 9.80 Å². The van der Waals surface area contributed by atoms with Crippen LogP contribution in [0.4, 0.5) is 11.6 Å². The molecule has 1 aliphatic rings. The maximum Gasteiger partial charge on any atom is 0.157 e. The van der Waals surface area contributed by atoms with E-state index in [0.29, 0.717) is 5.56 Å². The third kappa shape index (κ3) is 3.66. The third-order valence-electron chi connectivity index (χ3n) is 6.98. The van der Waals surface area contributed by atoms with Gasteiger partial charge in [-0.1, -0.05) is 48.5 Å². The molecule has 6 nitrogen and oxygen atoms in total. The van der Waals surface area contributed by atoms with Crippen LogP contribution in [-0.2, 0) is 6.42 Å². The molecule has 0 spiro atoms. The van der Waals surface area contributed by atoms with Crippen LogP contribution in [0.5, 0.6) is 0 Å². The van der Waals surface area contributed by atoms with E-state index in [9.17, 15) is 5.26 Å². The summed E-state index contributed by atoms with van der Waals surface area (Å²) in [5.41, 5.74) is 6.78. The maximum atomic E-state index is 10.2. The van der Waals surface area contributed by atoms with Crippen LogP contribution in [0.15, 0.2) is 79.0 Å². The number of hydrogen-bond donors (Lipinski definition) is 0. The van der Waals surface area contributed by atoms with Crippen LogP contribution in [0.25, 0.3) is 16.7 Å². The molecule has 0 saturated carbocycles. The number of piperazine rings is 1. The first-order chi connectivity index (χ1) is 17.2. The smallest absolute Gasteiger partial charge is 0.157 e. The van der Waals surface area contributed by atoms with Crippen LogP contribution in [0.2, 0.25) is 0 Å². The normalized spacial score (nSPS) is 13.9. The minimum Gasteiger partial charge on any atom is -0.354 e. The number of para-hydroxylation sites is 2. The maximum absolute atomic E-state index is 10.2. The largest absolute Gasteiger partial charge is 0.354 e. The van der Waals surface area contributed by atoms with Crippen molar-refractivity contribution in [2.24, 2.45) is 0 Å². The van der Waals surface area contributed by atoms with Crippen molar-refractivity contribution in [1.82, 2.24) is 14.4 Å². The van der Waals surface area contributed by atoms with Gasteiger partial charge in [-0.3, -0.25) is 4.40 Å². The molecular weight excluding hydrogens is 432 g/mol. The minimum atomic E-state index is 0.656. The Morgan fingerprint density at radius 3 is 2.31 bits per heavy atom. The van der Waals surface area contributed by atoms with E-state index in [-0.39, 0.29) is 0 Å². The van der Waals surface area contributed by atoms with Gasteiger partial charge in [-0.15, -0.1) is 0 Å². The van der Waals surface area contributed by atoms with Gasteiger partial charge in [-0.2, -0.15) is 5.26 Å². The topological polar surface area (TPSA) is 60.5 Å². The van der Waals surface area contributed by atoms with Gasteiger partial charge in [0.2, 0.25) is 0 Å². The summed E-state index contributed by atoms with van der Waals surface area (Å²) in [5.74, 6) is 2.17. The van der Waals surface area contributed by atoms with E-state index in [1.165, 1.54) is 11.1 Å². The number of anilines is 2. The van der Waals surface area contributed by atoms with Gasteiger partial charge in [-0.05, 0) is 42.3 Å². The number of fused-ring (bicyclic) bond motifs is 3. The number of rotatable bonds is 4. The molecule has 0 radical (unpaired) electrons. The average molecular weight is 459 g/mol. The van der Waals surface area contributed by atoms with Gasteiger partial charge >= 0.3 is 0 Å². The molecule has 0 atom stereocenters. The highest BCUT2D eigenvalue weighted by Crippen LogP contribution is 2.35. The number of pyridine rings is 2. The quantitative estimate of drug-likeness (QED) is 0.380. The fourth-order valence-electron chi connectivity index (χ4n) is 5.20. The Morgan fingerprint density at radius 1 is 0.857 bits per heavy atom. The SMILES string of the molecule is Cc1c(Cc2ccccc2)c(N2CCN(c3ccccn3)CC2)n2c(nc3ccccc32)c1C#N.